The van der Waals surface area contributed by atoms with E-state index in [0.717, 1.165) is 0 Å². The van der Waals surface area contributed by atoms with Crippen LogP contribution in [0.3, 0.4) is 0 Å². The Morgan fingerprint density at radius 3 is 2.33 bits per heavy atom. The van der Waals surface area contributed by atoms with Crippen LogP contribution in [0, 0.1) is 0 Å². The van der Waals surface area contributed by atoms with Crippen molar-refractivity contribution in [2.75, 3.05) is 0 Å². The Labute approximate surface area is 124 Å². The minimum Gasteiger partial charge on any atom is -0.0756 e. The van der Waals surface area contributed by atoms with Crippen LogP contribution in [0.4, 0.5) is 0 Å². The van der Waals surface area contributed by atoms with Gasteiger partial charge in [-0.05, 0) is 12.0 Å². The molecule has 0 fully saturated rings. The average molecular weight is 352 g/mol. The number of unbranched alkanes of at least 4 members (excludes halogenated alkanes) is 2. The van der Waals surface area contributed by atoms with Crippen molar-refractivity contribution in [2.45, 2.75) is 41.9 Å². The first kappa shape index (κ1) is 13.9. The first-order valence-electron chi connectivity index (χ1n) is 6.86. The summed E-state index contributed by atoms with van der Waals surface area (Å²) in [5.41, 5.74) is 1.39. The summed E-state index contributed by atoms with van der Waals surface area (Å²) < 4.78 is 0.248. The second kappa shape index (κ2) is 6.55. The van der Waals surface area contributed by atoms with Crippen molar-refractivity contribution in [1.29, 1.82) is 0 Å². The zero-order chi connectivity index (χ0) is 12.8. The van der Waals surface area contributed by atoms with Gasteiger partial charge >= 0.3 is 0 Å². The maximum atomic E-state index is 2.59. The van der Waals surface area contributed by atoms with Gasteiger partial charge in [0.15, 0.2) is 0 Å². The molecule has 18 heavy (non-hydrogen) atoms. The molecule has 0 aromatic heterocycles. The molecule has 0 bridgehead atoms. The maximum Gasteiger partial charge on any atom is 0.0581 e. The summed E-state index contributed by atoms with van der Waals surface area (Å²) in [6, 6.07) is 10.7. The SMILES string of the molecule is CCCCCC1(I)C=CC(c2ccccc2)C=C1. The minimum atomic E-state index is 0.248. The molecule has 1 heteroatoms. The summed E-state index contributed by atoms with van der Waals surface area (Å²) in [4.78, 5) is 0. The Bertz CT molecular complexity index is 402. The van der Waals surface area contributed by atoms with Gasteiger partial charge in [-0.3, -0.25) is 0 Å². The molecule has 1 aliphatic rings. The zero-order valence-corrected chi connectivity index (χ0v) is 13.1. The van der Waals surface area contributed by atoms with Gasteiger partial charge in [0.2, 0.25) is 0 Å². The van der Waals surface area contributed by atoms with E-state index in [1.807, 2.05) is 0 Å². The van der Waals surface area contributed by atoms with Crippen LogP contribution in [0.1, 0.15) is 44.1 Å². The van der Waals surface area contributed by atoms with Crippen LogP contribution in [0.2, 0.25) is 0 Å². The molecule has 96 valence electrons. The molecule has 0 saturated carbocycles. The quantitative estimate of drug-likeness (QED) is 0.278. The summed E-state index contributed by atoms with van der Waals surface area (Å²) in [5.74, 6) is 0.459. The van der Waals surface area contributed by atoms with Gasteiger partial charge < -0.3 is 0 Å². The number of halogens is 1. The summed E-state index contributed by atoms with van der Waals surface area (Å²) in [6.07, 6.45) is 14.7. The number of allylic oxidation sites excluding steroid dienone is 4. The predicted octanol–water partition coefficient (Wildman–Crippen LogP) is 5.65. The van der Waals surface area contributed by atoms with Crippen LogP contribution < -0.4 is 0 Å². The molecule has 0 heterocycles. The highest BCUT2D eigenvalue weighted by Crippen LogP contribution is 2.35. The number of hydrogen-bond donors (Lipinski definition) is 0. The van der Waals surface area contributed by atoms with E-state index in [0.29, 0.717) is 5.92 Å². The molecule has 0 radical (unpaired) electrons. The smallest absolute Gasteiger partial charge is 0.0581 e. The van der Waals surface area contributed by atoms with E-state index in [2.05, 4.69) is 84.2 Å². The van der Waals surface area contributed by atoms with E-state index in [4.69, 9.17) is 0 Å². The van der Waals surface area contributed by atoms with E-state index in [1.54, 1.807) is 0 Å². The van der Waals surface area contributed by atoms with E-state index >= 15 is 0 Å². The molecule has 0 aliphatic heterocycles. The summed E-state index contributed by atoms with van der Waals surface area (Å²) >= 11 is 2.59. The third-order valence-electron chi connectivity index (χ3n) is 3.51. The maximum absolute atomic E-state index is 2.59. The zero-order valence-electron chi connectivity index (χ0n) is 11.0. The molecule has 0 N–H and O–H groups in total. The normalized spacial score (nSPS) is 26.4. The van der Waals surface area contributed by atoms with Crippen LogP contribution in [0.15, 0.2) is 54.6 Å². The molecular formula is C17H21I. The van der Waals surface area contributed by atoms with Crippen molar-refractivity contribution in [2.24, 2.45) is 0 Å². The van der Waals surface area contributed by atoms with Crippen molar-refractivity contribution >= 4 is 22.6 Å². The molecule has 0 saturated heterocycles. The Morgan fingerprint density at radius 2 is 1.72 bits per heavy atom. The number of rotatable bonds is 5. The second-order valence-electron chi connectivity index (χ2n) is 5.04. The van der Waals surface area contributed by atoms with Gasteiger partial charge in [0.1, 0.15) is 0 Å². The lowest BCUT2D eigenvalue weighted by Gasteiger charge is -2.25. The molecule has 1 aromatic rings. The largest absolute Gasteiger partial charge is 0.0756 e. The molecule has 0 amide bonds. The highest BCUT2D eigenvalue weighted by molar-refractivity contribution is 14.1. The lowest BCUT2D eigenvalue weighted by atomic mass is 9.88. The van der Waals surface area contributed by atoms with Crippen LogP contribution >= 0.6 is 22.6 Å². The second-order valence-corrected chi connectivity index (χ2v) is 7.05. The van der Waals surface area contributed by atoms with Gasteiger partial charge in [-0.25, -0.2) is 0 Å². The van der Waals surface area contributed by atoms with Gasteiger partial charge in [0.05, 0.1) is 3.42 Å². The number of alkyl halides is 1. The Hall–Kier alpha value is -0.570. The summed E-state index contributed by atoms with van der Waals surface area (Å²) in [5, 5.41) is 0. The molecule has 1 aliphatic carbocycles. The monoisotopic (exact) mass is 352 g/mol. The molecule has 2 rings (SSSR count). The highest BCUT2D eigenvalue weighted by Gasteiger charge is 2.23. The van der Waals surface area contributed by atoms with Crippen molar-refractivity contribution in [3.63, 3.8) is 0 Å². The Kier molecular flexibility index (Phi) is 5.04. The fourth-order valence-electron chi connectivity index (χ4n) is 2.36. The third kappa shape index (κ3) is 3.71. The van der Waals surface area contributed by atoms with E-state index in [9.17, 15) is 0 Å². The lowest BCUT2D eigenvalue weighted by molar-refractivity contribution is 0.643. The van der Waals surface area contributed by atoms with Crippen LogP contribution in [0.25, 0.3) is 0 Å². The first-order valence-corrected chi connectivity index (χ1v) is 7.94. The van der Waals surface area contributed by atoms with E-state index in [-0.39, 0.29) is 3.42 Å². The van der Waals surface area contributed by atoms with Crippen LogP contribution in [-0.2, 0) is 0 Å². The summed E-state index contributed by atoms with van der Waals surface area (Å²) in [6.45, 7) is 2.26. The predicted molar refractivity (Wildman–Crippen MR) is 88.4 cm³/mol. The Balaban J connectivity index is 1.98. The van der Waals surface area contributed by atoms with Crippen LogP contribution in [0.5, 0.6) is 0 Å². The van der Waals surface area contributed by atoms with Gasteiger partial charge in [-0.1, -0.05) is 103 Å². The first-order chi connectivity index (χ1) is 8.73. The van der Waals surface area contributed by atoms with Crippen molar-refractivity contribution in [1.82, 2.24) is 0 Å². The molecule has 0 unspecified atom stereocenters. The highest BCUT2D eigenvalue weighted by atomic mass is 127. The fraction of sp³-hybridized carbons (Fsp3) is 0.412. The van der Waals surface area contributed by atoms with Gasteiger partial charge in [-0.15, -0.1) is 0 Å². The van der Waals surface area contributed by atoms with Crippen molar-refractivity contribution < 1.29 is 0 Å². The fourth-order valence-corrected chi connectivity index (χ4v) is 3.15. The van der Waals surface area contributed by atoms with Crippen molar-refractivity contribution in [3.8, 4) is 0 Å². The topological polar surface area (TPSA) is 0 Å². The van der Waals surface area contributed by atoms with Gasteiger partial charge in [0, 0.05) is 5.92 Å². The average Bonchev–Trinajstić information content (AvgIpc) is 2.41. The minimum absolute atomic E-state index is 0.248. The van der Waals surface area contributed by atoms with E-state index in [1.165, 1.54) is 31.2 Å². The van der Waals surface area contributed by atoms with Crippen LogP contribution in [-0.4, -0.2) is 3.42 Å². The number of benzene rings is 1. The molecule has 0 spiro atoms. The molecular weight excluding hydrogens is 331 g/mol. The van der Waals surface area contributed by atoms with E-state index < -0.39 is 0 Å². The third-order valence-corrected chi connectivity index (χ3v) is 4.77. The van der Waals surface area contributed by atoms with Crippen molar-refractivity contribution in [3.05, 3.63) is 60.2 Å². The Morgan fingerprint density at radius 1 is 1.06 bits per heavy atom. The lowest BCUT2D eigenvalue weighted by Crippen LogP contribution is -2.17. The van der Waals surface area contributed by atoms with Gasteiger partial charge in [-0.2, -0.15) is 0 Å². The summed E-state index contributed by atoms with van der Waals surface area (Å²) in [7, 11) is 0. The van der Waals surface area contributed by atoms with Gasteiger partial charge in [0.25, 0.3) is 0 Å². The number of hydrogen-bond acceptors (Lipinski definition) is 0. The molecule has 1 aromatic carbocycles. The standard InChI is InChI=1S/C17H21I/c1-2-3-7-12-17(18)13-10-16(11-14-17)15-8-5-4-6-9-15/h4-6,8-11,13-14,16H,2-3,7,12H2,1H3. The molecule has 0 nitrogen and oxygen atoms in total. The molecule has 0 atom stereocenters.